The molecule has 1 N–H and O–H groups in total. The fourth-order valence-electron chi connectivity index (χ4n) is 2.16. The highest BCUT2D eigenvalue weighted by Gasteiger charge is 2.15. The van der Waals surface area contributed by atoms with Crippen LogP contribution in [0.15, 0.2) is 27.7 Å². The van der Waals surface area contributed by atoms with Gasteiger partial charge in [-0.3, -0.25) is 0 Å². The zero-order chi connectivity index (χ0) is 13.7. The van der Waals surface area contributed by atoms with Crippen LogP contribution in [0.2, 0.25) is 0 Å². The molecule has 0 saturated carbocycles. The number of rotatable bonds is 3. The standard InChI is InChI=1S/C14H19BrFN3.HI/c1-2-17-14(19-7-3-4-8-19)18-10-11-5-6-12(15)9-13(11)16;/h5-6,9H,2-4,7-8,10H2,1H3,(H,17,18);1H. The van der Waals surface area contributed by atoms with Crippen LogP contribution in [0.5, 0.6) is 0 Å². The molecule has 1 aromatic rings. The van der Waals surface area contributed by atoms with E-state index >= 15 is 0 Å². The third-order valence-electron chi connectivity index (χ3n) is 3.15. The van der Waals surface area contributed by atoms with Gasteiger partial charge >= 0.3 is 0 Å². The third-order valence-corrected chi connectivity index (χ3v) is 3.65. The lowest BCUT2D eigenvalue weighted by Gasteiger charge is -2.20. The van der Waals surface area contributed by atoms with Crippen molar-refractivity contribution in [2.75, 3.05) is 19.6 Å². The first-order chi connectivity index (χ1) is 9.20. The van der Waals surface area contributed by atoms with Crippen LogP contribution in [-0.4, -0.2) is 30.5 Å². The van der Waals surface area contributed by atoms with Crippen molar-refractivity contribution in [3.8, 4) is 0 Å². The molecular formula is C14H20BrFIN3. The molecule has 0 radical (unpaired) electrons. The highest BCUT2D eigenvalue weighted by molar-refractivity contribution is 14.0. The first-order valence-electron chi connectivity index (χ1n) is 6.68. The molecule has 0 aliphatic carbocycles. The van der Waals surface area contributed by atoms with Crippen LogP contribution in [0.25, 0.3) is 0 Å². The Balaban J connectivity index is 0.00000200. The van der Waals surface area contributed by atoms with E-state index in [2.05, 4.69) is 31.1 Å². The molecule has 1 aliphatic heterocycles. The second kappa shape index (κ2) is 8.81. The van der Waals surface area contributed by atoms with Gasteiger partial charge in [0, 0.05) is 29.7 Å². The molecule has 0 amide bonds. The van der Waals surface area contributed by atoms with Crippen molar-refractivity contribution in [1.82, 2.24) is 10.2 Å². The smallest absolute Gasteiger partial charge is 0.194 e. The minimum atomic E-state index is -0.213. The number of hydrogen-bond acceptors (Lipinski definition) is 1. The van der Waals surface area contributed by atoms with Gasteiger partial charge in [0.15, 0.2) is 5.96 Å². The van der Waals surface area contributed by atoms with Crippen LogP contribution in [0, 0.1) is 5.82 Å². The van der Waals surface area contributed by atoms with Crippen LogP contribution in [0.3, 0.4) is 0 Å². The summed E-state index contributed by atoms with van der Waals surface area (Å²) < 4.78 is 14.5. The molecule has 1 heterocycles. The summed E-state index contributed by atoms with van der Waals surface area (Å²) in [5, 5.41) is 3.27. The molecule has 1 fully saturated rings. The summed E-state index contributed by atoms with van der Waals surface area (Å²) in [6.07, 6.45) is 2.41. The minimum Gasteiger partial charge on any atom is -0.357 e. The Morgan fingerprint density at radius 1 is 1.40 bits per heavy atom. The quantitative estimate of drug-likeness (QED) is 0.426. The van der Waals surface area contributed by atoms with Crippen LogP contribution in [0.1, 0.15) is 25.3 Å². The molecule has 2 rings (SSSR count). The number of nitrogens with zero attached hydrogens (tertiary/aromatic N) is 2. The van der Waals surface area contributed by atoms with Crippen LogP contribution in [-0.2, 0) is 6.54 Å². The normalized spacial score (nSPS) is 15.2. The van der Waals surface area contributed by atoms with E-state index in [1.807, 2.05) is 13.0 Å². The first-order valence-corrected chi connectivity index (χ1v) is 7.47. The van der Waals surface area contributed by atoms with Gasteiger partial charge in [-0.2, -0.15) is 0 Å². The summed E-state index contributed by atoms with van der Waals surface area (Å²) in [7, 11) is 0. The van der Waals surface area contributed by atoms with Crippen LogP contribution >= 0.6 is 39.9 Å². The average Bonchev–Trinajstić information content (AvgIpc) is 2.90. The fourth-order valence-corrected chi connectivity index (χ4v) is 2.50. The van der Waals surface area contributed by atoms with E-state index < -0.39 is 0 Å². The van der Waals surface area contributed by atoms with Gasteiger partial charge in [0.2, 0.25) is 0 Å². The molecule has 0 aromatic heterocycles. The molecular weight excluding hydrogens is 436 g/mol. The Morgan fingerprint density at radius 2 is 2.10 bits per heavy atom. The maximum absolute atomic E-state index is 13.7. The van der Waals surface area contributed by atoms with E-state index in [1.165, 1.54) is 18.9 Å². The van der Waals surface area contributed by atoms with Gasteiger partial charge in [0.1, 0.15) is 5.82 Å². The van der Waals surface area contributed by atoms with Crippen molar-refractivity contribution in [3.63, 3.8) is 0 Å². The van der Waals surface area contributed by atoms with Crippen molar-refractivity contribution < 1.29 is 4.39 Å². The fraction of sp³-hybridized carbons (Fsp3) is 0.500. The molecule has 1 aromatic carbocycles. The number of nitrogens with one attached hydrogen (secondary N) is 1. The predicted molar refractivity (Wildman–Crippen MR) is 95.1 cm³/mol. The summed E-state index contributed by atoms with van der Waals surface area (Å²) in [6.45, 7) is 5.32. The monoisotopic (exact) mass is 455 g/mol. The molecule has 6 heteroatoms. The lowest BCUT2D eigenvalue weighted by Crippen LogP contribution is -2.39. The average molecular weight is 456 g/mol. The van der Waals surface area contributed by atoms with E-state index in [4.69, 9.17) is 0 Å². The summed E-state index contributed by atoms with van der Waals surface area (Å²) in [5.74, 6) is 0.678. The van der Waals surface area contributed by atoms with Gasteiger partial charge < -0.3 is 10.2 Å². The number of likely N-dealkylation sites (tertiary alicyclic amines) is 1. The molecule has 0 spiro atoms. The zero-order valence-electron chi connectivity index (χ0n) is 11.5. The Labute approximate surface area is 145 Å². The van der Waals surface area contributed by atoms with Gasteiger partial charge in [-0.25, -0.2) is 9.38 Å². The van der Waals surface area contributed by atoms with Crippen LogP contribution in [0.4, 0.5) is 4.39 Å². The number of aliphatic imine (C=N–C) groups is 1. The Kier molecular flexibility index (Phi) is 7.79. The summed E-state index contributed by atoms with van der Waals surface area (Å²) in [5.41, 5.74) is 0.623. The van der Waals surface area contributed by atoms with Gasteiger partial charge in [-0.05, 0) is 31.9 Å². The van der Waals surface area contributed by atoms with Crippen molar-refractivity contribution in [3.05, 3.63) is 34.1 Å². The van der Waals surface area contributed by atoms with Crippen molar-refractivity contribution in [2.45, 2.75) is 26.3 Å². The Hall–Kier alpha value is -0.370. The van der Waals surface area contributed by atoms with Gasteiger partial charge in [-0.15, -0.1) is 24.0 Å². The second-order valence-corrected chi connectivity index (χ2v) is 5.52. The zero-order valence-corrected chi connectivity index (χ0v) is 15.4. The number of guanidine groups is 1. The third kappa shape index (κ3) is 4.87. The number of hydrogen-bond donors (Lipinski definition) is 1. The molecule has 0 bridgehead atoms. The van der Waals surface area contributed by atoms with E-state index in [0.29, 0.717) is 12.1 Å². The Bertz CT molecular complexity index is 462. The van der Waals surface area contributed by atoms with E-state index in [1.54, 1.807) is 6.07 Å². The maximum atomic E-state index is 13.7. The lowest BCUT2D eigenvalue weighted by atomic mass is 10.2. The summed E-state index contributed by atoms with van der Waals surface area (Å²) in [4.78, 5) is 6.77. The maximum Gasteiger partial charge on any atom is 0.194 e. The largest absolute Gasteiger partial charge is 0.357 e. The lowest BCUT2D eigenvalue weighted by molar-refractivity contribution is 0.493. The summed E-state index contributed by atoms with van der Waals surface area (Å²) in [6, 6.07) is 5.10. The van der Waals surface area contributed by atoms with Gasteiger partial charge in [0.25, 0.3) is 0 Å². The molecule has 3 nitrogen and oxygen atoms in total. The molecule has 1 saturated heterocycles. The van der Waals surface area contributed by atoms with Crippen molar-refractivity contribution >= 4 is 45.9 Å². The van der Waals surface area contributed by atoms with E-state index in [-0.39, 0.29) is 29.8 Å². The number of benzene rings is 1. The second-order valence-electron chi connectivity index (χ2n) is 4.60. The highest BCUT2D eigenvalue weighted by Crippen LogP contribution is 2.16. The SMILES string of the molecule is CCNC(=NCc1ccc(Br)cc1F)N1CCCC1.I. The number of halogens is 3. The predicted octanol–water partition coefficient (Wildman–Crippen LogP) is 3.77. The van der Waals surface area contributed by atoms with Gasteiger partial charge in [0.05, 0.1) is 6.54 Å². The van der Waals surface area contributed by atoms with E-state index in [0.717, 1.165) is 30.1 Å². The molecule has 1 aliphatic rings. The van der Waals surface area contributed by atoms with E-state index in [9.17, 15) is 4.39 Å². The molecule has 20 heavy (non-hydrogen) atoms. The first kappa shape index (κ1) is 17.7. The van der Waals surface area contributed by atoms with Gasteiger partial charge in [-0.1, -0.05) is 22.0 Å². The topological polar surface area (TPSA) is 27.6 Å². The van der Waals surface area contributed by atoms with Crippen molar-refractivity contribution in [2.24, 2.45) is 4.99 Å². The molecule has 112 valence electrons. The van der Waals surface area contributed by atoms with Crippen molar-refractivity contribution in [1.29, 1.82) is 0 Å². The van der Waals surface area contributed by atoms with Crippen LogP contribution < -0.4 is 5.32 Å². The molecule has 0 unspecified atom stereocenters. The Morgan fingerprint density at radius 3 is 2.70 bits per heavy atom. The summed E-state index contributed by atoms with van der Waals surface area (Å²) >= 11 is 3.26. The highest BCUT2D eigenvalue weighted by atomic mass is 127. The minimum absolute atomic E-state index is 0. The molecule has 0 atom stereocenters.